The van der Waals surface area contributed by atoms with Crippen molar-refractivity contribution in [2.24, 2.45) is 0 Å². The van der Waals surface area contributed by atoms with Crippen LogP contribution in [0.5, 0.6) is 0 Å². The van der Waals surface area contributed by atoms with Crippen molar-refractivity contribution in [1.29, 1.82) is 0 Å². The highest BCUT2D eigenvalue weighted by atomic mass is 16.5. The Kier molecular flexibility index (Phi) is 3.83. The molecule has 1 aromatic rings. The minimum Gasteiger partial charge on any atom is -0.478 e. The highest BCUT2D eigenvalue weighted by Crippen LogP contribution is 2.27. The van der Waals surface area contributed by atoms with E-state index in [1.807, 2.05) is 30.3 Å². The molecule has 0 spiro atoms. The van der Waals surface area contributed by atoms with Gasteiger partial charge in [-0.2, -0.15) is 0 Å². The van der Waals surface area contributed by atoms with Crippen molar-refractivity contribution < 1.29 is 19.7 Å². The van der Waals surface area contributed by atoms with E-state index in [1.165, 1.54) is 25.3 Å². The molecule has 1 aliphatic rings. The third-order valence-electron chi connectivity index (χ3n) is 3.21. The van der Waals surface area contributed by atoms with Gasteiger partial charge >= 0.3 is 5.97 Å². The fourth-order valence-corrected chi connectivity index (χ4v) is 2.19. The minimum atomic E-state index is -1.23. The SMILES string of the molecule is COC1C=C(C(=O)O)C=CC1(O)Cc1ccccc1. The lowest BCUT2D eigenvalue weighted by atomic mass is 9.84. The molecule has 0 heterocycles. The maximum Gasteiger partial charge on any atom is 0.335 e. The Morgan fingerprint density at radius 1 is 1.37 bits per heavy atom. The monoisotopic (exact) mass is 260 g/mol. The molecule has 2 N–H and O–H groups in total. The van der Waals surface area contributed by atoms with E-state index < -0.39 is 17.7 Å². The van der Waals surface area contributed by atoms with Crippen molar-refractivity contribution in [3.05, 3.63) is 59.7 Å². The van der Waals surface area contributed by atoms with E-state index in [4.69, 9.17) is 9.84 Å². The Morgan fingerprint density at radius 3 is 2.63 bits per heavy atom. The lowest BCUT2D eigenvalue weighted by Gasteiger charge is -2.33. The summed E-state index contributed by atoms with van der Waals surface area (Å²) in [6.45, 7) is 0. The van der Waals surface area contributed by atoms with Crippen molar-refractivity contribution in [3.8, 4) is 0 Å². The first-order chi connectivity index (χ1) is 9.05. The summed E-state index contributed by atoms with van der Waals surface area (Å²) in [4.78, 5) is 10.9. The number of ether oxygens (including phenoxy) is 1. The van der Waals surface area contributed by atoms with Gasteiger partial charge in [0.05, 0.1) is 5.57 Å². The molecular weight excluding hydrogens is 244 g/mol. The van der Waals surface area contributed by atoms with Crippen LogP contribution in [-0.4, -0.2) is 35.0 Å². The first-order valence-corrected chi connectivity index (χ1v) is 5.98. The fraction of sp³-hybridized carbons (Fsp3) is 0.267. The second-order valence-electron chi connectivity index (χ2n) is 4.57. The topological polar surface area (TPSA) is 66.8 Å². The van der Waals surface area contributed by atoms with Gasteiger partial charge in [0.2, 0.25) is 0 Å². The highest BCUT2D eigenvalue weighted by molar-refractivity contribution is 5.90. The Hall–Kier alpha value is -1.91. The predicted octanol–water partition coefficient (Wildman–Crippen LogP) is 1.56. The molecule has 2 rings (SSSR count). The first kappa shape index (κ1) is 13.5. The van der Waals surface area contributed by atoms with Crippen molar-refractivity contribution >= 4 is 5.97 Å². The first-order valence-electron chi connectivity index (χ1n) is 5.98. The van der Waals surface area contributed by atoms with Crippen LogP contribution in [-0.2, 0) is 16.0 Å². The van der Waals surface area contributed by atoms with Gasteiger partial charge in [0.1, 0.15) is 11.7 Å². The van der Waals surface area contributed by atoms with E-state index in [9.17, 15) is 9.90 Å². The quantitative estimate of drug-likeness (QED) is 0.862. The third-order valence-corrected chi connectivity index (χ3v) is 3.21. The molecule has 0 amide bonds. The number of benzene rings is 1. The fourth-order valence-electron chi connectivity index (χ4n) is 2.19. The molecule has 4 heteroatoms. The van der Waals surface area contributed by atoms with Crippen LogP contribution in [0.2, 0.25) is 0 Å². The molecule has 19 heavy (non-hydrogen) atoms. The number of hydrogen-bond acceptors (Lipinski definition) is 3. The third kappa shape index (κ3) is 2.92. The van der Waals surface area contributed by atoms with Gasteiger partial charge in [-0.25, -0.2) is 4.79 Å². The number of hydrogen-bond donors (Lipinski definition) is 2. The van der Waals surface area contributed by atoms with Gasteiger partial charge in [0.15, 0.2) is 0 Å². The van der Waals surface area contributed by atoms with Crippen LogP contribution >= 0.6 is 0 Å². The lowest BCUT2D eigenvalue weighted by Crippen LogP contribution is -2.44. The number of carbonyl (C=O) groups is 1. The molecule has 0 bridgehead atoms. The zero-order chi connectivity index (χ0) is 13.9. The van der Waals surface area contributed by atoms with Crippen molar-refractivity contribution in [1.82, 2.24) is 0 Å². The molecule has 0 saturated carbocycles. The lowest BCUT2D eigenvalue weighted by molar-refractivity contribution is -0.132. The van der Waals surface area contributed by atoms with Gasteiger partial charge in [-0.05, 0) is 23.8 Å². The predicted molar refractivity (Wildman–Crippen MR) is 70.8 cm³/mol. The van der Waals surface area contributed by atoms with E-state index in [1.54, 1.807) is 0 Å². The molecule has 0 saturated heterocycles. The van der Waals surface area contributed by atoms with E-state index in [-0.39, 0.29) is 5.57 Å². The summed E-state index contributed by atoms with van der Waals surface area (Å²) >= 11 is 0. The summed E-state index contributed by atoms with van der Waals surface area (Å²) in [6.07, 6.45) is 4.04. The largest absolute Gasteiger partial charge is 0.478 e. The number of carboxylic acid groups (broad SMARTS) is 1. The zero-order valence-electron chi connectivity index (χ0n) is 10.6. The maximum absolute atomic E-state index is 10.9. The molecule has 1 aliphatic carbocycles. The summed E-state index contributed by atoms with van der Waals surface area (Å²) in [5.74, 6) is -1.03. The average molecular weight is 260 g/mol. The summed E-state index contributed by atoms with van der Waals surface area (Å²) in [5.41, 5.74) is -0.136. The number of methoxy groups -OCH3 is 1. The van der Waals surface area contributed by atoms with Gasteiger partial charge < -0.3 is 14.9 Å². The Morgan fingerprint density at radius 2 is 2.05 bits per heavy atom. The van der Waals surface area contributed by atoms with Crippen LogP contribution < -0.4 is 0 Å². The number of aliphatic hydroxyl groups is 1. The summed E-state index contributed by atoms with van der Waals surface area (Å²) in [6, 6.07) is 9.52. The van der Waals surface area contributed by atoms with Crippen molar-refractivity contribution in [2.45, 2.75) is 18.1 Å². The maximum atomic E-state index is 10.9. The Labute approximate surface area is 111 Å². The minimum absolute atomic E-state index is 0.129. The highest BCUT2D eigenvalue weighted by Gasteiger charge is 2.36. The Balaban J connectivity index is 2.24. The van der Waals surface area contributed by atoms with Gasteiger partial charge in [-0.1, -0.05) is 30.3 Å². The normalized spacial score (nSPS) is 26.0. The average Bonchev–Trinajstić information content (AvgIpc) is 2.39. The van der Waals surface area contributed by atoms with Crippen LogP contribution in [0, 0.1) is 0 Å². The number of carboxylic acids is 1. The van der Waals surface area contributed by atoms with Crippen LogP contribution in [0.15, 0.2) is 54.1 Å². The summed E-state index contributed by atoms with van der Waals surface area (Å²) in [7, 11) is 1.45. The van der Waals surface area contributed by atoms with Gasteiger partial charge in [-0.3, -0.25) is 0 Å². The van der Waals surface area contributed by atoms with E-state index in [0.717, 1.165) is 5.56 Å². The van der Waals surface area contributed by atoms with Crippen molar-refractivity contribution in [3.63, 3.8) is 0 Å². The van der Waals surface area contributed by atoms with E-state index in [0.29, 0.717) is 6.42 Å². The standard InChI is InChI=1S/C15H16O4/c1-19-13-9-12(14(16)17)7-8-15(13,18)10-11-5-3-2-4-6-11/h2-9,13,18H,10H2,1H3,(H,16,17). The van der Waals surface area contributed by atoms with E-state index >= 15 is 0 Å². The molecule has 0 radical (unpaired) electrons. The molecule has 100 valence electrons. The second-order valence-corrected chi connectivity index (χ2v) is 4.57. The molecule has 0 aromatic heterocycles. The molecule has 0 aliphatic heterocycles. The number of aliphatic carboxylic acids is 1. The smallest absolute Gasteiger partial charge is 0.335 e. The van der Waals surface area contributed by atoms with Crippen LogP contribution in [0.4, 0.5) is 0 Å². The molecule has 2 unspecified atom stereocenters. The molecule has 2 atom stereocenters. The molecule has 0 fully saturated rings. The van der Waals surface area contributed by atoms with Gasteiger partial charge in [0.25, 0.3) is 0 Å². The Bertz CT molecular complexity index is 518. The molecule has 1 aromatic carbocycles. The van der Waals surface area contributed by atoms with Crippen LogP contribution in [0.3, 0.4) is 0 Å². The molecular formula is C15H16O4. The van der Waals surface area contributed by atoms with Crippen LogP contribution in [0.25, 0.3) is 0 Å². The molecule has 4 nitrogen and oxygen atoms in total. The van der Waals surface area contributed by atoms with Gasteiger partial charge in [0, 0.05) is 13.5 Å². The number of rotatable bonds is 4. The van der Waals surface area contributed by atoms with Gasteiger partial charge in [-0.15, -0.1) is 0 Å². The van der Waals surface area contributed by atoms with Crippen LogP contribution in [0.1, 0.15) is 5.56 Å². The van der Waals surface area contributed by atoms with E-state index in [2.05, 4.69) is 0 Å². The summed E-state index contributed by atoms with van der Waals surface area (Å²) < 4.78 is 5.22. The zero-order valence-corrected chi connectivity index (χ0v) is 10.6. The second kappa shape index (κ2) is 5.38. The van der Waals surface area contributed by atoms with Crippen molar-refractivity contribution in [2.75, 3.05) is 7.11 Å². The summed E-state index contributed by atoms with van der Waals surface area (Å²) in [5, 5.41) is 19.6.